The van der Waals surface area contributed by atoms with Gasteiger partial charge in [0, 0.05) is 10.2 Å². The van der Waals surface area contributed by atoms with E-state index in [2.05, 4.69) is 34.2 Å². The first kappa shape index (κ1) is 17.1. The van der Waals surface area contributed by atoms with Gasteiger partial charge in [-0.05, 0) is 37.3 Å². The highest BCUT2D eigenvalue weighted by Crippen LogP contribution is 2.24. The topological polar surface area (TPSA) is 46.4 Å². The number of likely N-dealkylation sites (N-methyl/N-ethyl adjacent to an activating group) is 1. The van der Waals surface area contributed by atoms with E-state index in [0.29, 0.717) is 6.54 Å². The van der Waals surface area contributed by atoms with E-state index >= 15 is 0 Å². The predicted molar refractivity (Wildman–Crippen MR) is 103 cm³/mol. The number of rotatable bonds is 5. The van der Waals surface area contributed by atoms with Gasteiger partial charge in [-0.2, -0.15) is 0 Å². The molecule has 0 aliphatic carbocycles. The highest BCUT2D eigenvalue weighted by molar-refractivity contribution is 9.10. The van der Waals surface area contributed by atoms with Crippen molar-refractivity contribution in [2.24, 2.45) is 0 Å². The molecule has 0 radical (unpaired) electrons. The number of thiazole rings is 1. The molecule has 1 heterocycles. The highest BCUT2D eigenvalue weighted by Gasteiger charge is 2.22. The highest BCUT2D eigenvalue weighted by atomic mass is 79.9. The summed E-state index contributed by atoms with van der Waals surface area (Å²) in [5, 5.41) is 4.00. The number of carbonyl (C=O) groups is 1. The Morgan fingerprint density at radius 1 is 1.29 bits per heavy atom. The average molecular weight is 405 g/mol. The van der Waals surface area contributed by atoms with Crippen LogP contribution in [0.4, 0.5) is 5.69 Å². The molecular weight excluding hydrogens is 386 g/mol. The number of halogens is 1. The number of aromatic nitrogens is 1. The van der Waals surface area contributed by atoms with Gasteiger partial charge in [-0.3, -0.25) is 4.79 Å². The normalized spacial score (nSPS) is 13.6. The van der Waals surface area contributed by atoms with Gasteiger partial charge in [-0.1, -0.05) is 34.1 Å². The van der Waals surface area contributed by atoms with Crippen LogP contribution >= 0.6 is 27.3 Å². The van der Waals surface area contributed by atoms with E-state index in [9.17, 15) is 4.79 Å². The molecule has 0 aliphatic rings. The fourth-order valence-electron chi connectivity index (χ4n) is 2.46. The molecule has 0 saturated heterocycles. The van der Waals surface area contributed by atoms with E-state index in [4.69, 9.17) is 4.98 Å². The fourth-order valence-corrected chi connectivity index (χ4v) is 3.98. The minimum atomic E-state index is -0.00133. The van der Waals surface area contributed by atoms with E-state index in [1.54, 1.807) is 11.3 Å². The Labute approximate surface area is 153 Å². The van der Waals surface area contributed by atoms with Gasteiger partial charge < -0.3 is 10.2 Å². The van der Waals surface area contributed by atoms with Crippen LogP contribution < -0.4 is 10.2 Å². The van der Waals surface area contributed by atoms with Crippen LogP contribution in [0.2, 0.25) is 0 Å². The molecular formula is C18H19BrN3OS+. The molecule has 2 aromatic carbocycles. The summed E-state index contributed by atoms with van der Waals surface area (Å²) in [5.74, 6) is -0.00133. The van der Waals surface area contributed by atoms with Crippen molar-refractivity contribution in [3.05, 3.63) is 58.0 Å². The number of para-hydroxylation sites is 1. The fraction of sp³-hybridized carbons (Fsp3) is 0.222. The lowest BCUT2D eigenvalue weighted by Gasteiger charge is -2.19. The average Bonchev–Trinajstić information content (AvgIpc) is 2.97. The molecule has 0 bridgehead atoms. The van der Waals surface area contributed by atoms with Crippen LogP contribution in [0.25, 0.3) is 10.2 Å². The Morgan fingerprint density at radius 3 is 2.83 bits per heavy atom. The molecule has 0 fully saturated rings. The summed E-state index contributed by atoms with van der Waals surface area (Å²) in [7, 11) is 2.03. The SMILES string of the molecule is C[C@@H](c1nc2ccccc2s1)[NH+](C)CC(=O)Nc1cccc(Br)c1. The Hall–Kier alpha value is -1.76. The first-order chi connectivity index (χ1) is 11.5. The Balaban J connectivity index is 1.65. The lowest BCUT2D eigenvalue weighted by Crippen LogP contribution is -3.10. The first-order valence-corrected chi connectivity index (χ1v) is 9.37. The zero-order valence-electron chi connectivity index (χ0n) is 13.5. The molecule has 1 unspecified atom stereocenters. The lowest BCUT2D eigenvalue weighted by molar-refractivity contribution is -0.902. The van der Waals surface area contributed by atoms with E-state index in [1.165, 1.54) is 4.70 Å². The molecule has 3 rings (SSSR count). The minimum absolute atomic E-state index is 0.00133. The number of carbonyl (C=O) groups excluding carboxylic acids is 1. The number of quaternary nitrogens is 1. The van der Waals surface area contributed by atoms with Gasteiger partial charge in [0.2, 0.25) is 0 Å². The summed E-state index contributed by atoms with van der Waals surface area (Å²) >= 11 is 5.11. The van der Waals surface area contributed by atoms with Gasteiger partial charge in [-0.25, -0.2) is 4.98 Å². The van der Waals surface area contributed by atoms with Gasteiger partial charge in [-0.15, -0.1) is 11.3 Å². The number of amides is 1. The molecule has 3 aromatic rings. The second kappa shape index (κ2) is 7.42. The molecule has 124 valence electrons. The molecule has 1 amide bonds. The van der Waals surface area contributed by atoms with Crippen molar-refractivity contribution in [2.45, 2.75) is 13.0 Å². The summed E-state index contributed by atoms with van der Waals surface area (Å²) in [6, 6.07) is 15.9. The third-order valence-electron chi connectivity index (χ3n) is 3.97. The van der Waals surface area contributed by atoms with Crippen LogP contribution in [-0.4, -0.2) is 24.5 Å². The summed E-state index contributed by atoms with van der Waals surface area (Å²) < 4.78 is 2.13. The van der Waals surface area contributed by atoms with Crippen molar-refractivity contribution in [1.82, 2.24) is 4.98 Å². The van der Waals surface area contributed by atoms with Crippen molar-refractivity contribution < 1.29 is 9.69 Å². The smallest absolute Gasteiger partial charge is 0.279 e. The van der Waals surface area contributed by atoms with Crippen molar-refractivity contribution in [1.29, 1.82) is 0 Å². The van der Waals surface area contributed by atoms with Gasteiger partial charge in [0.1, 0.15) is 6.04 Å². The molecule has 0 spiro atoms. The first-order valence-electron chi connectivity index (χ1n) is 7.76. The summed E-state index contributed by atoms with van der Waals surface area (Å²) in [6.45, 7) is 2.50. The molecule has 4 nitrogen and oxygen atoms in total. The van der Waals surface area contributed by atoms with Crippen LogP contribution in [-0.2, 0) is 4.79 Å². The van der Waals surface area contributed by atoms with Crippen LogP contribution in [0.3, 0.4) is 0 Å². The standard InChI is InChI=1S/C18H18BrN3OS/c1-12(18-21-15-8-3-4-9-16(15)24-18)22(2)11-17(23)20-14-7-5-6-13(19)10-14/h3-10,12H,11H2,1-2H3,(H,20,23)/p+1/t12-/m0/s1. The molecule has 2 N–H and O–H groups in total. The quantitative estimate of drug-likeness (QED) is 0.685. The maximum Gasteiger partial charge on any atom is 0.279 e. The number of nitrogens with zero attached hydrogens (tertiary/aromatic N) is 1. The largest absolute Gasteiger partial charge is 0.322 e. The Bertz CT molecular complexity index is 831. The predicted octanol–water partition coefficient (Wildman–Crippen LogP) is 3.27. The zero-order chi connectivity index (χ0) is 17.1. The van der Waals surface area contributed by atoms with Gasteiger partial charge in [0.15, 0.2) is 11.6 Å². The second-order valence-electron chi connectivity index (χ2n) is 5.82. The minimum Gasteiger partial charge on any atom is -0.322 e. The number of nitrogens with one attached hydrogen (secondary N) is 2. The molecule has 1 aromatic heterocycles. The number of hydrogen-bond donors (Lipinski definition) is 2. The monoisotopic (exact) mass is 404 g/mol. The second-order valence-corrected chi connectivity index (χ2v) is 7.80. The number of hydrogen-bond acceptors (Lipinski definition) is 3. The van der Waals surface area contributed by atoms with Crippen LogP contribution in [0.5, 0.6) is 0 Å². The molecule has 2 atom stereocenters. The van der Waals surface area contributed by atoms with E-state index in [1.807, 2.05) is 49.5 Å². The van der Waals surface area contributed by atoms with Crippen molar-refractivity contribution in [2.75, 3.05) is 18.9 Å². The number of anilines is 1. The van der Waals surface area contributed by atoms with E-state index < -0.39 is 0 Å². The number of fused-ring (bicyclic) bond motifs is 1. The van der Waals surface area contributed by atoms with Crippen molar-refractivity contribution in [3.8, 4) is 0 Å². The van der Waals surface area contributed by atoms with E-state index in [0.717, 1.165) is 25.6 Å². The number of benzene rings is 2. The third kappa shape index (κ3) is 4.01. The molecule has 6 heteroatoms. The summed E-state index contributed by atoms with van der Waals surface area (Å²) in [6.07, 6.45) is 0. The van der Waals surface area contributed by atoms with Gasteiger partial charge in [0.05, 0.1) is 17.3 Å². The molecule has 0 saturated carbocycles. The summed E-state index contributed by atoms with van der Waals surface area (Å²) in [5.41, 5.74) is 1.82. The summed E-state index contributed by atoms with van der Waals surface area (Å²) in [4.78, 5) is 18.1. The Kier molecular flexibility index (Phi) is 5.28. The van der Waals surface area contributed by atoms with Crippen molar-refractivity contribution >= 4 is 49.1 Å². The van der Waals surface area contributed by atoms with Crippen LogP contribution in [0.1, 0.15) is 18.0 Å². The lowest BCUT2D eigenvalue weighted by atomic mass is 10.3. The van der Waals surface area contributed by atoms with Crippen LogP contribution in [0, 0.1) is 0 Å². The molecule has 0 aliphatic heterocycles. The third-order valence-corrected chi connectivity index (χ3v) is 5.68. The molecule has 24 heavy (non-hydrogen) atoms. The van der Waals surface area contributed by atoms with Crippen LogP contribution in [0.15, 0.2) is 53.0 Å². The van der Waals surface area contributed by atoms with Gasteiger partial charge >= 0.3 is 0 Å². The Morgan fingerprint density at radius 2 is 2.08 bits per heavy atom. The maximum atomic E-state index is 12.3. The maximum absolute atomic E-state index is 12.3. The van der Waals surface area contributed by atoms with Crippen molar-refractivity contribution in [3.63, 3.8) is 0 Å². The zero-order valence-corrected chi connectivity index (χ0v) is 15.9. The van der Waals surface area contributed by atoms with Gasteiger partial charge in [0.25, 0.3) is 5.91 Å². The van der Waals surface area contributed by atoms with E-state index in [-0.39, 0.29) is 11.9 Å².